The highest BCUT2D eigenvalue weighted by molar-refractivity contribution is 7.92. The van der Waals surface area contributed by atoms with Crippen LogP contribution < -0.4 is 10.0 Å². The van der Waals surface area contributed by atoms with Crippen LogP contribution in [0.15, 0.2) is 77.7 Å². The van der Waals surface area contributed by atoms with Crippen molar-refractivity contribution >= 4 is 33.2 Å². The van der Waals surface area contributed by atoms with Gasteiger partial charge >= 0.3 is 0 Å². The molecular weight excluding hydrogens is 444 g/mol. The van der Waals surface area contributed by atoms with Crippen LogP contribution in [0, 0.1) is 12.8 Å². The van der Waals surface area contributed by atoms with Gasteiger partial charge < -0.3 is 5.32 Å². The molecule has 0 aliphatic rings. The second-order valence-electron chi connectivity index (χ2n) is 8.18. The highest BCUT2D eigenvalue weighted by Gasteiger charge is 2.20. The zero-order valence-corrected chi connectivity index (χ0v) is 19.9. The topological polar surface area (TPSA) is 75.3 Å². The van der Waals surface area contributed by atoms with Crippen molar-refractivity contribution in [2.45, 2.75) is 38.1 Å². The molecule has 7 heteroatoms. The van der Waals surface area contributed by atoms with Crippen molar-refractivity contribution in [2.24, 2.45) is 5.92 Å². The monoisotopic (exact) mass is 470 g/mol. The highest BCUT2D eigenvalue weighted by Crippen LogP contribution is 2.26. The Bertz CT molecular complexity index is 1180. The second kappa shape index (κ2) is 10.2. The lowest BCUT2D eigenvalue weighted by Crippen LogP contribution is -2.29. The van der Waals surface area contributed by atoms with Gasteiger partial charge in [-0.2, -0.15) is 0 Å². The second-order valence-corrected chi connectivity index (χ2v) is 10.3. The smallest absolute Gasteiger partial charge is 0.261 e. The first-order valence-electron chi connectivity index (χ1n) is 10.4. The molecule has 5 nitrogen and oxygen atoms in total. The van der Waals surface area contributed by atoms with Gasteiger partial charge in [-0.05, 0) is 55.2 Å². The normalized spacial score (nSPS) is 12.4. The van der Waals surface area contributed by atoms with Gasteiger partial charge in [-0.25, -0.2) is 8.42 Å². The van der Waals surface area contributed by atoms with Crippen LogP contribution in [0.1, 0.15) is 47.8 Å². The molecule has 1 amide bonds. The van der Waals surface area contributed by atoms with Gasteiger partial charge in [0.05, 0.1) is 27.2 Å². The summed E-state index contributed by atoms with van der Waals surface area (Å²) in [6, 6.07) is 20.7. The van der Waals surface area contributed by atoms with Crippen LogP contribution in [0.4, 0.5) is 5.69 Å². The van der Waals surface area contributed by atoms with Crippen molar-refractivity contribution < 1.29 is 13.2 Å². The molecule has 0 radical (unpaired) electrons. The molecule has 0 unspecified atom stereocenters. The van der Waals surface area contributed by atoms with Crippen LogP contribution in [0.3, 0.4) is 0 Å². The number of halogens is 1. The molecule has 168 valence electrons. The third-order valence-corrected chi connectivity index (χ3v) is 6.72. The molecule has 0 fully saturated rings. The summed E-state index contributed by atoms with van der Waals surface area (Å²) in [6.45, 7) is 6.09. The molecular formula is C25H27ClN2O3S. The molecule has 0 spiro atoms. The average molecular weight is 471 g/mol. The summed E-state index contributed by atoms with van der Waals surface area (Å²) in [7, 11) is -3.76. The lowest BCUT2D eigenvalue weighted by atomic mass is 9.96. The maximum absolute atomic E-state index is 12.9. The van der Waals surface area contributed by atoms with Gasteiger partial charge in [0.2, 0.25) is 0 Å². The van der Waals surface area contributed by atoms with E-state index in [9.17, 15) is 13.2 Å². The standard InChI is InChI=1S/C25H27ClN2O3S/c1-17(2)15-24(19-7-5-4-6-8-19)27-25(29)22-14-11-20(16-23(22)26)28-32(30,31)21-12-9-18(3)10-13-21/h4-14,16-17,24,28H,15H2,1-3H3,(H,27,29)/t24-/m0/s1. The molecule has 3 aromatic rings. The Balaban J connectivity index is 1.77. The van der Waals surface area contributed by atoms with E-state index in [-0.39, 0.29) is 33.1 Å². The van der Waals surface area contributed by atoms with E-state index in [1.165, 1.54) is 18.2 Å². The first kappa shape index (κ1) is 23.8. The van der Waals surface area contributed by atoms with Crippen molar-refractivity contribution in [2.75, 3.05) is 4.72 Å². The summed E-state index contributed by atoms with van der Waals surface area (Å²) in [5.74, 6) is 0.0759. The summed E-state index contributed by atoms with van der Waals surface area (Å²) in [5, 5.41) is 3.23. The highest BCUT2D eigenvalue weighted by atomic mass is 35.5. The quantitative estimate of drug-likeness (QED) is 0.426. The molecule has 0 saturated heterocycles. The minimum atomic E-state index is -3.76. The first-order valence-corrected chi connectivity index (χ1v) is 12.3. The molecule has 0 aromatic heterocycles. The molecule has 3 rings (SSSR count). The van der Waals surface area contributed by atoms with Crippen LogP contribution in [0.2, 0.25) is 5.02 Å². The maximum Gasteiger partial charge on any atom is 0.261 e. The summed E-state index contributed by atoms with van der Waals surface area (Å²) >= 11 is 6.36. The Kier molecular flexibility index (Phi) is 7.59. The predicted molar refractivity (Wildman–Crippen MR) is 130 cm³/mol. The lowest BCUT2D eigenvalue weighted by molar-refractivity contribution is 0.0932. The van der Waals surface area contributed by atoms with Gasteiger partial charge in [0, 0.05) is 0 Å². The van der Waals surface area contributed by atoms with E-state index in [1.54, 1.807) is 24.3 Å². The van der Waals surface area contributed by atoms with E-state index in [2.05, 4.69) is 23.9 Å². The Morgan fingerprint density at radius 2 is 1.62 bits per heavy atom. The number of benzene rings is 3. The minimum Gasteiger partial charge on any atom is -0.345 e. The summed E-state index contributed by atoms with van der Waals surface area (Å²) in [5.41, 5.74) is 2.56. The fourth-order valence-corrected chi connectivity index (χ4v) is 4.68. The molecule has 2 N–H and O–H groups in total. The van der Waals surface area contributed by atoms with Gasteiger partial charge in [-0.15, -0.1) is 0 Å². The number of hydrogen-bond donors (Lipinski definition) is 2. The molecule has 0 saturated carbocycles. The van der Waals surface area contributed by atoms with Gasteiger partial charge in [0.15, 0.2) is 0 Å². The Morgan fingerprint density at radius 1 is 0.969 bits per heavy atom. The van der Waals surface area contributed by atoms with Crippen molar-refractivity contribution in [1.29, 1.82) is 0 Å². The van der Waals surface area contributed by atoms with Crippen molar-refractivity contribution in [1.82, 2.24) is 5.32 Å². The molecule has 0 heterocycles. The van der Waals surface area contributed by atoms with Crippen LogP contribution in [0.5, 0.6) is 0 Å². The number of amides is 1. The van der Waals surface area contributed by atoms with E-state index >= 15 is 0 Å². The molecule has 32 heavy (non-hydrogen) atoms. The number of rotatable bonds is 8. The van der Waals surface area contributed by atoms with Crippen molar-refractivity contribution in [3.63, 3.8) is 0 Å². The number of anilines is 1. The van der Waals surface area contributed by atoms with Crippen molar-refractivity contribution in [3.8, 4) is 0 Å². The third kappa shape index (κ3) is 6.11. The Hall–Kier alpha value is -2.83. The van der Waals surface area contributed by atoms with E-state index in [0.29, 0.717) is 5.92 Å². The Morgan fingerprint density at radius 3 is 2.22 bits per heavy atom. The Labute approximate surface area is 194 Å². The van der Waals surface area contributed by atoms with Crippen LogP contribution >= 0.6 is 11.6 Å². The van der Waals surface area contributed by atoms with Crippen LogP contribution in [-0.2, 0) is 10.0 Å². The van der Waals surface area contributed by atoms with Crippen LogP contribution in [-0.4, -0.2) is 14.3 Å². The zero-order chi connectivity index (χ0) is 23.3. The molecule has 3 aromatic carbocycles. The van der Waals surface area contributed by atoms with Crippen molar-refractivity contribution in [3.05, 3.63) is 94.5 Å². The first-order chi connectivity index (χ1) is 15.2. The minimum absolute atomic E-state index is 0.153. The van der Waals surface area contributed by atoms with Gasteiger partial charge in [0.1, 0.15) is 0 Å². The molecule has 1 atom stereocenters. The number of sulfonamides is 1. The predicted octanol–water partition coefficient (Wildman–Crippen LogP) is 5.97. The number of aryl methyl sites for hydroxylation is 1. The summed E-state index contributed by atoms with van der Waals surface area (Å²) in [4.78, 5) is 13.1. The van der Waals surface area contributed by atoms with E-state index in [1.807, 2.05) is 37.3 Å². The number of carbonyl (C=O) groups is 1. The number of hydrogen-bond acceptors (Lipinski definition) is 3. The fraction of sp³-hybridized carbons (Fsp3) is 0.240. The largest absolute Gasteiger partial charge is 0.345 e. The van der Waals surface area contributed by atoms with Crippen LogP contribution in [0.25, 0.3) is 0 Å². The zero-order valence-electron chi connectivity index (χ0n) is 18.3. The van der Waals surface area contributed by atoms with E-state index in [0.717, 1.165) is 17.5 Å². The van der Waals surface area contributed by atoms with E-state index in [4.69, 9.17) is 11.6 Å². The maximum atomic E-state index is 12.9. The summed E-state index contributed by atoms with van der Waals surface area (Å²) < 4.78 is 27.7. The third-order valence-electron chi connectivity index (χ3n) is 5.01. The lowest BCUT2D eigenvalue weighted by Gasteiger charge is -2.21. The van der Waals surface area contributed by atoms with Gasteiger partial charge in [-0.3, -0.25) is 9.52 Å². The molecule has 0 aliphatic carbocycles. The van der Waals surface area contributed by atoms with Gasteiger partial charge in [-0.1, -0.05) is 73.5 Å². The fourth-order valence-electron chi connectivity index (χ4n) is 3.37. The van der Waals surface area contributed by atoms with Gasteiger partial charge in [0.25, 0.3) is 15.9 Å². The molecule has 0 bridgehead atoms. The SMILES string of the molecule is Cc1ccc(S(=O)(=O)Nc2ccc(C(=O)N[C@@H](CC(C)C)c3ccccc3)c(Cl)c2)cc1. The molecule has 0 aliphatic heterocycles. The summed E-state index contributed by atoms with van der Waals surface area (Å²) in [6.07, 6.45) is 0.780. The number of nitrogens with one attached hydrogen (secondary N) is 2. The average Bonchev–Trinajstić information content (AvgIpc) is 2.73. The number of carbonyl (C=O) groups excluding carboxylic acids is 1. The van der Waals surface area contributed by atoms with E-state index < -0.39 is 10.0 Å².